The van der Waals surface area contributed by atoms with Gasteiger partial charge in [0, 0.05) is 23.8 Å². The Morgan fingerprint density at radius 2 is 2.08 bits per heavy atom. The molecule has 0 atom stereocenters. The second-order valence-corrected chi connectivity index (χ2v) is 6.43. The van der Waals surface area contributed by atoms with Gasteiger partial charge in [-0.1, -0.05) is 0 Å². The molecule has 3 rings (SSSR count). The zero-order valence-corrected chi connectivity index (χ0v) is 14.9. The Kier molecular flexibility index (Phi) is 5.86. The second kappa shape index (κ2) is 8.50. The highest BCUT2D eigenvalue weighted by Crippen LogP contribution is 2.23. The summed E-state index contributed by atoms with van der Waals surface area (Å²) in [6.45, 7) is 2.37. The van der Waals surface area contributed by atoms with Crippen LogP contribution in [0.5, 0.6) is 0 Å². The maximum atomic E-state index is 9.35. The summed E-state index contributed by atoms with van der Waals surface area (Å²) in [7, 11) is 2.00. The van der Waals surface area contributed by atoms with Crippen LogP contribution in [0.25, 0.3) is 0 Å². The largest absolute Gasteiger partial charge is 0.395 e. The van der Waals surface area contributed by atoms with Gasteiger partial charge >= 0.3 is 0 Å². The number of anilines is 1. The highest BCUT2D eigenvalue weighted by Gasteiger charge is 2.08. The molecule has 3 aromatic rings. The minimum absolute atomic E-state index is 0.116. The lowest BCUT2D eigenvalue weighted by Crippen LogP contribution is -2.30. The van der Waals surface area contributed by atoms with Crippen molar-refractivity contribution in [2.45, 2.75) is 6.54 Å². The van der Waals surface area contributed by atoms with Gasteiger partial charge in [0.05, 0.1) is 25.9 Å². The van der Waals surface area contributed by atoms with Gasteiger partial charge in [-0.2, -0.15) is 0 Å². The van der Waals surface area contributed by atoms with Crippen LogP contribution in [0, 0.1) is 0 Å². The van der Waals surface area contributed by atoms with Crippen molar-refractivity contribution >= 4 is 27.8 Å². The number of hydrogen-bond acceptors (Lipinski definition) is 6. The van der Waals surface area contributed by atoms with Crippen LogP contribution in [-0.2, 0) is 13.6 Å². The van der Waals surface area contributed by atoms with Gasteiger partial charge < -0.3 is 10.0 Å². The van der Waals surface area contributed by atoms with Crippen LogP contribution >= 0.6 is 11.3 Å². The number of hydrogen-bond donors (Lipinski definition) is 1. The molecule has 0 radical (unpaired) electrons. The van der Waals surface area contributed by atoms with E-state index in [4.69, 9.17) is 0 Å². The van der Waals surface area contributed by atoms with Crippen LogP contribution in [0.4, 0.5) is 16.5 Å². The van der Waals surface area contributed by atoms with E-state index in [-0.39, 0.29) is 6.61 Å². The van der Waals surface area contributed by atoms with E-state index in [0.29, 0.717) is 11.7 Å². The first-order valence-electron chi connectivity index (χ1n) is 8.03. The van der Waals surface area contributed by atoms with Crippen LogP contribution in [0.2, 0.25) is 0 Å². The molecule has 2 heterocycles. The molecule has 0 saturated carbocycles. The summed E-state index contributed by atoms with van der Waals surface area (Å²) in [5.41, 5.74) is 1.83. The Morgan fingerprint density at radius 3 is 2.72 bits per heavy atom. The van der Waals surface area contributed by atoms with E-state index in [9.17, 15) is 5.11 Å². The molecule has 1 aromatic carbocycles. The molecule has 7 nitrogen and oxygen atoms in total. The number of nitrogens with zero attached hydrogens (tertiary/aromatic N) is 6. The number of thiazole rings is 1. The number of aliphatic hydroxyl groups excluding tert-OH is 1. The topological polar surface area (TPSA) is 69.9 Å². The van der Waals surface area contributed by atoms with E-state index in [0.717, 1.165) is 24.5 Å². The summed E-state index contributed by atoms with van der Waals surface area (Å²) < 4.78 is 4.14. The molecule has 25 heavy (non-hydrogen) atoms. The smallest absolute Gasteiger partial charge is 0.243 e. The van der Waals surface area contributed by atoms with Crippen molar-refractivity contribution in [2.24, 2.45) is 17.3 Å². The van der Waals surface area contributed by atoms with Gasteiger partial charge in [0.15, 0.2) is 0 Å². The second-order valence-electron chi connectivity index (χ2n) is 5.56. The fourth-order valence-corrected chi connectivity index (χ4v) is 2.91. The monoisotopic (exact) mass is 357 g/mol. The third kappa shape index (κ3) is 4.94. The van der Waals surface area contributed by atoms with Crippen LogP contribution in [0.1, 0.15) is 0 Å². The average molecular weight is 357 g/mol. The van der Waals surface area contributed by atoms with Gasteiger partial charge in [0.1, 0.15) is 18.9 Å². The lowest BCUT2D eigenvalue weighted by Gasteiger charge is -2.23. The summed E-state index contributed by atoms with van der Waals surface area (Å²) in [6, 6.07) is 7.85. The van der Waals surface area contributed by atoms with E-state index >= 15 is 0 Å². The fraction of sp³-hybridized carbons (Fsp3) is 0.294. The Hall–Kier alpha value is -2.58. The number of aliphatic hydroxyl groups is 1. The molecule has 0 fully saturated rings. The standard InChI is InChI=1S/C17H21N6OS/c1-21-7-8-22(14-21)9-10-23(11-12-24)16-4-2-15(3-5-16)19-20-17-18-6-13-25-17/h2-8,13-14,24H,9-12H2,1H3/q+1. The van der Waals surface area contributed by atoms with Gasteiger partial charge in [-0.05, 0) is 24.3 Å². The number of benzene rings is 1. The molecular formula is C17H21N6OS+. The fourth-order valence-electron chi connectivity index (χ4n) is 2.46. The van der Waals surface area contributed by atoms with Crippen molar-refractivity contribution in [2.75, 3.05) is 24.6 Å². The van der Waals surface area contributed by atoms with Gasteiger partial charge in [0.2, 0.25) is 11.5 Å². The SMILES string of the molecule is C[n+]1ccn(CCN(CCO)c2ccc(N=Nc3nccs3)cc2)c1. The summed E-state index contributed by atoms with van der Waals surface area (Å²) in [5.74, 6) is 0. The highest BCUT2D eigenvalue weighted by atomic mass is 32.1. The van der Waals surface area contributed by atoms with Crippen LogP contribution in [0.15, 0.2) is 64.8 Å². The van der Waals surface area contributed by atoms with Crippen LogP contribution in [0.3, 0.4) is 0 Å². The van der Waals surface area contributed by atoms with Crippen molar-refractivity contribution in [1.82, 2.24) is 9.55 Å². The predicted molar refractivity (Wildman–Crippen MR) is 97.6 cm³/mol. The van der Waals surface area contributed by atoms with Crippen molar-refractivity contribution in [3.8, 4) is 0 Å². The van der Waals surface area contributed by atoms with Crippen molar-refractivity contribution in [3.63, 3.8) is 0 Å². The molecule has 1 N–H and O–H groups in total. The van der Waals surface area contributed by atoms with E-state index in [1.807, 2.05) is 60.0 Å². The number of rotatable bonds is 8. The summed E-state index contributed by atoms with van der Waals surface area (Å²) in [6.07, 6.45) is 7.80. The van der Waals surface area contributed by atoms with E-state index in [1.54, 1.807) is 6.20 Å². The molecule has 0 amide bonds. The van der Waals surface area contributed by atoms with Crippen LogP contribution in [-0.4, -0.2) is 34.4 Å². The lowest BCUT2D eigenvalue weighted by atomic mass is 10.2. The molecular weight excluding hydrogens is 336 g/mol. The number of aromatic nitrogens is 3. The molecule has 0 aliphatic heterocycles. The molecule has 2 aromatic heterocycles. The van der Waals surface area contributed by atoms with Crippen LogP contribution < -0.4 is 9.47 Å². The third-order valence-electron chi connectivity index (χ3n) is 3.71. The highest BCUT2D eigenvalue weighted by molar-refractivity contribution is 7.13. The number of azo groups is 1. The minimum atomic E-state index is 0.116. The Balaban J connectivity index is 1.64. The maximum Gasteiger partial charge on any atom is 0.243 e. The number of aryl methyl sites for hydroxylation is 1. The Morgan fingerprint density at radius 1 is 1.24 bits per heavy atom. The average Bonchev–Trinajstić information content (AvgIpc) is 3.29. The van der Waals surface area contributed by atoms with Gasteiger partial charge in [-0.25, -0.2) is 14.1 Å². The van der Waals surface area contributed by atoms with E-state index < -0.39 is 0 Å². The predicted octanol–water partition coefficient (Wildman–Crippen LogP) is 2.68. The lowest BCUT2D eigenvalue weighted by molar-refractivity contribution is -0.671. The first kappa shape index (κ1) is 17.2. The molecule has 0 bridgehead atoms. The zero-order chi connectivity index (χ0) is 17.5. The quantitative estimate of drug-likeness (QED) is 0.498. The third-order valence-corrected chi connectivity index (χ3v) is 4.36. The minimum Gasteiger partial charge on any atom is -0.395 e. The zero-order valence-electron chi connectivity index (χ0n) is 14.1. The van der Waals surface area contributed by atoms with E-state index in [1.165, 1.54) is 11.3 Å². The molecule has 0 saturated heterocycles. The molecule has 0 spiro atoms. The Labute approximate surface area is 150 Å². The maximum absolute atomic E-state index is 9.35. The van der Waals surface area contributed by atoms with E-state index in [2.05, 4.69) is 24.7 Å². The van der Waals surface area contributed by atoms with Gasteiger partial charge in [-0.3, -0.25) is 0 Å². The van der Waals surface area contributed by atoms with Crippen molar-refractivity contribution < 1.29 is 9.67 Å². The molecule has 0 unspecified atom stereocenters. The first-order chi connectivity index (χ1) is 12.2. The summed E-state index contributed by atoms with van der Waals surface area (Å²) >= 11 is 1.45. The molecule has 0 aliphatic carbocycles. The van der Waals surface area contributed by atoms with Gasteiger partial charge in [0.25, 0.3) is 0 Å². The van der Waals surface area contributed by atoms with Crippen molar-refractivity contribution in [1.29, 1.82) is 0 Å². The first-order valence-corrected chi connectivity index (χ1v) is 8.91. The molecule has 0 aliphatic rings. The molecule has 130 valence electrons. The normalized spacial score (nSPS) is 11.3. The molecule has 8 heteroatoms. The summed E-state index contributed by atoms with van der Waals surface area (Å²) in [5, 5.41) is 20.2. The number of imidazole rings is 1. The van der Waals surface area contributed by atoms with Gasteiger partial charge in [-0.15, -0.1) is 21.6 Å². The summed E-state index contributed by atoms with van der Waals surface area (Å²) in [4.78, 5) is 6.23. The van der Waals surface area contributed by atoms with Crippen molar-refractivity contribution in [3.05, 3.63) is 54.6 Å². The Bertz CT molecular complexity index is 797.